The summed E-state index contributed by atoms with van der Waals surface area (Å²) in [6.45, 7) is 7.00. The van der Waals surface area contributed by atoms with Crippen LogP contribution in [0.4, 0.5) is 0 Å². The maximum atomic E-state index is 6.48. The second kappa shape index (κ2) is 6.11. The molecule has 1 N–H and O–H groups in total. The zero-order valence-electron chi connectivity index (χ0n) is 12.5. The molecule has 3 aliphatic rings. The standard InChI is InChI=1S/C16H30N2O/c1-2-5-14-12-17-10-11-18(14)13-15-6-9-16(19-15)7-3-4-8-16/h14-15,17H,2-13H2,1H3. The van der Waals surface area contributed by atoms with Crippen LogP contribution in [0.15, 0.2) is 0 Å². The Morgan fingerprint density at radius 1 is 1.26 bits per heavy atom. The van der Waals surface area contributed by atoms with E-state index in [1.807, 2.05) is 0 Å². The van der Waals surface area contributed by atoms with Crippen molar-refractivity contribution in [2.24, 2.45) is 0 Å². The van der Waals surface area contributed by atoms with Crippen molar-refractivity contribution in [1.29, 1.82) is 0 Å². The molecular formula is C16H30N2O. The molecule has 3 heteroatoms. The van der Waals surface area contributed by atoms with Gasteiger partial charge >= 0.3 is 0 Å². The van der Waals surface area contributed by atoms with Gasteiger partial charge in [0.1, 0.15) is 0 Å². The quantitative estimate of drug-likeness (QED) is 0.846. The molecule has 2 aliphatic heterocycles. The van der Waals surface area contributed by atoms with Crippen molar-refractivity contribution in [1.82, 2.24) is 10.2 Å². The van der Waals surface area contributed by atoms with E-state index >= 15 is 0 Å². The molecule has 2 atom stereocenters. The van der Waals surface area contributed by atoms with Gasteiger partial charge in [-0.3, -0.25) is 4.90 Å². The third-order valence-electron chi connectivity index (χ3n) is 5.39. The Morgan fingerprint density at radius 2 is 2.11 bits per heavy atom. The first-order chi connectivity index (χ1) is 9.31. The maximum absolute atomic E-state index is 6.48. The van der Waals surface area contributed by atoms with Crippen LogP contribution in [0.2, 0.25) is 0 Å². The molecule has 1 spiro atoms. The Hall–Kier alpha value is -0.120. The first-order valence-corrected chi connectivity index (χ1v) is 8.44. The van der Waals surface area contributed by atoms with Crippen LogP contribution in [-0.2, 0) is 4.74 Å². The SMILES string of the molecule is CCCC1CNCCN1CC1CCC2(CCCC2)O1. The minimum absolute atomic E-state index is 0.305. The van der Waals surface area contributed by atoms with Crippen molar-refractivity contribution in [3.05, 3.63) is 0 Å². The molecule has 0 aromatic carbocycles. The normalized spacial score (nSPS) is 35.2. The molecular weight excluding hydrogens is 236 g/mol. The van der Waals surface area contributed by atoms with Crippen LogP contribution in [0.1, 0.15) is 58.3 Å². The average Bonchev–Trinajstić information content (AvgIpc) is 3.03. The summed E-state index contributed by atoms with van der Waals surface area (Å²) in [6.07, 6.45) is 11.2. The van der Waals surface area contributed by atoms with Crippen molar-refractivity contribution in [3.63, 3.8) is 0 Å². The number of nitrogens with one attached hydrogen (secondary N) is 1. The molecule has 3 fully saturated rings. The molecule has 0 amide bonds. The average molecular weight is 266 g/mol. The maximum Gasteiger partial charge on any atom is 0.0710 e. The fraction of sp³-hybridized carbons (Fsp3) is 1.00. The van der Waals surface area contributed by atoms with Gasteiger partial charge in [-0.1, -0.05) is 26.2 Å². The van der Waals surface area contributed by atoms with Crippen molar-refractivity contribution >= 4 is 0 Å². The molecule has 0 aromatic heterocycles. The highest BCUT2D eigenvalue weighted by molar-refractivity contribution is 4.94. The van der Waals surface area contributed by atoms with Crippen LogP contribution in [-0.4, -0.2) is 48.8 Å². The van der Waals surface area contributed by atoms with Crippen LogP contribution >= 0.6 is 0 Å². The fourth-order valence-corrected chi connectivity index (χ4v) is 4.33. The number of hydrogen-bond donors (Lipinski definition) is 1. The number of ether oxygens (including phenoxy) is 1. The Balaban J connectivity index is 1.52. The summed E-state index contributed by atoms with van der Waals surface area (Å²) in [4.78, 5) is 2.69. The van der Waals surface area contributed by atoms with Crippen LogP contribution in [0.5, 0.6) is 0 Å². The van der Waals surface area contributed by atoms with E-state index in [2.05, 4.69) is 17.1 Å². The number of rotatable bonds is 4. The molecule has 0 aromatic rings. The molecule has 3 rings (SSSR count). The summed E-state index contributed by atoms with van der Waals surface area (Å²) in [5.74, 6) is 0. The first-order valence-electron chi connectivity index (χ1n) is 8.44. The third-order valence-corrected chi connectivity index (χ3v) is 5.39. The van der Waals surface area contributed by atoms with E-state index in [9.17, 15) is 0 Å². The zero-order chi connectivity index (χ0) is 13.1. The van der Waals surface area contributed by atoms with Gasteiger partial charge in [0.05, 0.1) is 11.7 Å². The Morgan fingerprint density at radius 3 is 2.89 bits per heavy atom. The predicted octanol–water partition coefficient (Wildman–Crippen LogP) is 2.55. The van der Waals surface area contributed by atoms with Gasteiger partial charge in [0, 0.05) is 32.2 Å². The highest BCUT2D eigenvalue weighted by atomic mass is 16.5. The smallest absolute Gasteiger partial charge is 0.0710 e. The summed E-state index contributed by atoms with van der Waals surface area (Å²) in [7, 11) is 0. The highest BCUT2D eigenvalue weighted by Crippen LogP contribution is 2.43. The summed E-state index contributed by atoms with van der Waals surface area (Å²) in [6, 6.07) is 0.738. The van der Waals surface area contributed by atoms with E-state index in [4.69, 9.17) is 4.74 Å². The Labute approximate surface area is 118 Å². The van der Waals surface area contributed by atoms with E-state index in [-0.39, 0.29) is 0 Å². The minimum Gasteiger partial charge on any atom is -0.370 e. The number of hydrogen-bond acceptors (Lipinski definition) is 3. The van der Waals surface area contributed by atoms with Crippen LogP contribution in [0.3, 0.4) is 0 Å². The molecule has 2 saturated heterocycles. The van der Waals surface area contributed by atoms with Crippen LogP contribution in [0, 0.1) is 0 Å². The third kappa shape index (κ3) is 3.14. The van der Waals surface area contributed by atoms with Gasteiger partial charge in [-0.2, -0.15) is 0 Å². The summed E-state index contributed by atoms with van der Waals surface area (Å²) < 4.78 is 6.48. The molecule has 19 heavy (non-hydrogen) atoms. The topological polar surface area (TPSA) is 24.5 Å². The molecule has 1 aliphatic carbocycles. The van der Waals surface area contributed by atoms with E-state index in [0.29, 0.717) is 11.7 Å². The second-order valence-corrected chi connectivity index (χ2v) is 6.81. The molecule has 2 unspecified atom stereocenters. The van der Waals surface area contributed by atoms with Gasteiger partial charge in [-0.15, -0.1) is 0 Å². The van der Waals surface area contributed by atoms with Crippen molar-refractivity contribution < 1.29 is 4.74 Å². The van der Waals surface area contributed by atoms with Gasteiger partial charge in [0.15, 0.2) is 0 Å². The monoisotopic (exact) mass is 266 g/mol. The van der Waals surface area contributed by atoms with Gasteiger partial charge in [-0.25, -0.2) is 0 Å². The molecule has 0 radical (unpaired) electrons. The van der Waals surface area contributed by atoms with Gasteiger partial charge in [0.2, 0.25) is 0 Å². The van der Waals surface area contributed by atoms with E-state index in [0.717, 1.165) is 12.6 Å². The van der Waals surface area contributed by atoms with Crippen molar-refractivity contribution in [2.75, 3.05) is 26.2 Å². The molecule has 0 bridgehead atoms. The predicted molar refractivity (Wildman–Crippen MR) is 78.4 cm³/mol. The summed E-state index contributed by atoms with van der Waals surface area (Å²) >= 11 is 0. The zero-order valence-corrected chi connectivity index (χ0v) is 12.5. The lowest BCUT2D eigenvalue weighted by Gasteiger charge is -2.38. The molecule has 1 saturated carbocycles. The van der Waals surface area contributed by atoms with Gasteiger partial charge < -0.3 is 10.1 Å². The van der Waals surface area contributed by atoms with Crippen LogP contribution in [0.25, 0.3) is 0 Å². The molecule has 3 nitrogen and oxygen atoms in total. The fourth-order valence-electron chi connectivity index (χ4n) is 4.33. The lowest BCUT2D eigenvalue weighted by Crippen LogP contribution is -2.53. The molecule has 110 valence electrons. The van der Waals surface area contributed by atoms with Crippen LogP contribution < -0.4 is 5.32 Å². The summed E-state index contributed by atoms with van der Waals surface area (Å²) in [5, 5.41) is 3.54. The highest BCUT2D eigenvalue weighted by Gasteiger charge is 2.42. The minimum atomic E-state index is 0.305. The first kappa shape index (κ1) is 13.8. The van der Waals surface area contributed by atoms with E-state index in [1.165, 1.54) is 71.0 Å². The number of piperazine rings is 1. The van der Waals surface area contributed by atoms with E-state index < -0.39 is 0 Å². The lowest BCUT2D eigenvalue weighted by molar-refractivity contribution is -0.0534. The van der Waals surface area contributed by atoms with Crippen molar-refractivity contribution in [2.45, 2.75) is 76.0 Å². The summed E-state index contributed by atoms with van der Waals surface area (Å²) in [5.41, 5.74) is 0.305. The van der Waals surface area contributed by atoms with Gasteiger partial charge in [-0.05, 0) is 32.1 Å². The Bertz CT molecular complexity index is 286. The Kier molecular flexibility index (Phi) is 4.45. The lowest BCUT2D eigenvalue weighted by atomic mass is 9.98. The largest absolute Gasteiger partial charge is 0.370 e. The molecule has 2 heterocycles. The number of nitrogens with zero attached hydrogens (tertiary/aromatic N) is 1. The second-order valence-electron chi connectivity index (χ2n) is 6.81. The van der Waals surface area contributed by atoms with Crippen molar-refractivity contribution in [3.8, 4) is 0 Å². The van der Waals surface area contributed by atoms with Gasteiger partial charge in [0.25, 0.3) is 0 Å². The van der Waals surface area contributed by atoms with E-state index in [1.54, 1.807) is 0 Å².